The monoisotopic (exact) mass is 314 g/mol. The lowest BCUT2D eigenvalue weighted by Crippen LogP contribution is -2.21. The molecule has 5 nitrogen and oxygen atoms in total. The number of amides is 1. The van der Waals surface area contributed by atoms with Crippen LogP contribution in [-0.2, 0) is 19.2 Å². The van der Waals surface area contributed by atoms with Gasteiger partial charge in [0.25, 0.3) is 5.91 Å². The number of benzene rings is 1. The van der Waals surface area contributed by atoms with Crippen molar-refractivity contribution < 1.29 is 13.2 Å². The van der Waals surface area contributed by atoms with Crippen LogP contribution < -0.4 is 10.5 Å². The number of carbonyl (C=O) groups is 1. The molecule has 0 unspecified atom stereocenters. The number of alkyl halides is 2. The number of carbonyl (C=O) groups excluding carboxylic acids is 1. The van der Waals surface area contributed by atoms with E-state index in [1.165, 1.54) is 0 Å². The van der Waals surface area contributed by atoms with Crippen LogP contribution in [0, 0.1) is 0 Å². The normalized spacial score (nSPS) is 17.8. The van der Waals surface area contributed by atoms with E-state index in [4.69, 9.17) is 39.9 Å². The van der Waals surface area contributed by atoms with Crippen molar-refractivity contribution in [3.05, 3.63) is 22.7 Å². The summed E-state index contributed by atoms with van der Waals surface area (Å²) in [5, 5.41) is 7.33. The van der Waals surface area contributed by atoms with Gasteiger partial charge in [-0.25, -0.2) is 13.6 Å². The minimum absolute atomic E-state index is 0.00282. The van der Waals surface area contributed by atoms with Gasteiger partial charge in [0.05, 0.1) is 15.6 Å². The molecular formula is C8H5Cl3N2O3S. The van der Waals surface area contributed by atoms with Gasteiger partial charge < -0.3 is 5.32 Å². The van der Waals surface area contributed by atoms with Crippen LogP contribution >= 0.6 is 34.8 Å². The molecule has 0 saturated carbocycles. The first-order valence-electron chi connectivity index (χ1n) is 4.20. The Labute approximate surface area is 112 Å². The molecule has 0 atom stereocenters. The van der Waals surface area contributed by atoms with Gasteiger partial charge in [0.1, 0.15) is 0 Å². The third kappa shape index (κ3) is 2.00. The third-order valence-electron chi connectivity index (χ3n) is 2.25. The van der Waals surface area contributed by atoms with Gasteiger partial charge in [-0.3, -0.25) is 4.79 Å². The van der Waals surface area contributed by atoms with Gasteiger partial charge in [0.2, 0.25) is 14.4 Å². The first-order valence-corrected chi connectivity index (χ1v) is 6.88. The van der Waals surface area contributed by atoms with Gasteiger partial charge in [-0.15, -0.1) is 0 Å². The Morgan fingerprint density at radius 2 is 1.88 bits per heavy atom. The van der Waals surface area contributed by atoms with E-state index in [0.717, 1.165) is 12.1 Å². The number of nitrogens with two attached hydrogens (primary N) is 1. The first kappa shape index (κ1) is 12.9. The number of primary sulfonamides is 1. The molecule has 0 bridgehead atoms. The number of halogens is 3. The Bertz CT molecular complexity index is 627. The molecular weight excluding hydrogens is 311 g/mol. The highest BCUT2D eigenvalue weighted by atomic mass is 35.5. The number of nitrogens with one attached hydrogen (secondary N) is 1. The molecule has 17 heavy (non-hydrogen) atoms. The number of rotatable bonds is 1. The second kappa shape index (κ2) is 3.73. The zero-order valence-corrected chi connectivity index (χ0v) is 11.1. The highest BCUT2D eigenvalue weighted by Gasteiger charge is 2.45. The van der Waals surface area contributed by atoms with Gasteiger partial charge in [0, 0.05) is 5.56 Å². The lowest BCUT2D eigenvalue weighted by atomic mass is 10.1. The summed E-state index contributed by atoms with van der Waals surface area (Å²) in [5.41, 5.74) is 0.261. The number of hydrogen-bond donors (Lipinski definition) is 2. The van der Waals surface area contributed by atoms with Crippen LogP contribution in [0.4, 0.5) is 5.69 Å². The van der Waals surface area contributed by atoms with Crippen molar-refractivity contribution in [1.82, 2.24) is 0 Å². The number of hydrogen-bond acceptors (Lipinski definition) is 3. The summed E-state index contributed by atoms with van der Waals surface area (Å²) in [4.78, 5) is 11.2. The number of fused-ring (bicyclic) bond motifs is 1. The molecule has 2 rings (SSSR count). The minimum Gasteiger partial charge on any atom is -0.321 e. The van der Waals surface area contributed by atoms with Crippen LogP contribution in [0.3, 0.4) is 0 Å². The fourth-order valence-corrected chi connectivity index (χ4v) is 2.72. The second-order valence-electron chi connectivity index (χ2n) is 3.40. The fraction of sp³-hybridized carbons (Fsp3) is 0.125. The van der Waals surface area contributed by atoms with E-state index in [9.17, 15) is 13.2 Å². The molecule has 1 aliphatic rings. The molecule has 0 saturated heterocycles. The van der Waals surface area contributed by atoms with Crippen molar-refractivity contribution in [2.24, 2.45) is 5.14 Å². The molecule has 0 spiro atoms. The van der Waals surface area contributed by atoms with Crippen LogP contribution in [0.25, 0.3) is 0 Å². The minimum atomic E-state index is -3.96. The van der Waals surface area contributed by atoms with E-state index in [0.29, 0.717) is 0 Å². The van der Waals surface area contributed by atoms with Crippen LogP contribution in [0.5, 0.6) is 0 Å². The largest absolute Gasteiger partial charge is 0.321 e. The summed E-state index contributed by atoms with van der Waals surface area (Å²) >= 11 is 17.4. The van der Waals surface area contributed by atoms with Gasteiger partial charge >= 0.3 is 0 Å². The van der Waals surface area contributed by atoms with Crippen LogP contribution in [0.15, 0.2) is 17.0 Å². The van der Waals surface area contributed by atoms with Crippen molar-refractivity contribution in [3.8, 4) is 0 Å². The Kier molecular flexibility index (Phi) is 2.83. The predicted molar refractivity (Wildman–Crippen MR) is 64.8 cm³/mol. The number of sulfonamides is 1. The Morgan fingerprint density at radius 3 is 2.41 bits per heavy atom. The maximum atomic E-state index is 11.5. The van der Waals surface area contributed by atoms with E-state index in [1.807, 2.05) is 0 Å². The summed E-state index contributed by atoms with van der Waals surface area (Å²) in [7, 11) is -3.96. The zero-order valence-electron chi connectivity index (χ0n) is 8.00. The third-order valence-corrected chi connectivity index (χ3v) is 4.20. The summed E-state index contributed by atoms with van der Waals surface area (Å²) in [6.07, 6.45) is 0. The molecule has 0 aliphatic carbocycles. The topological polar surface area (TPSA) is 89.3 Å². The fourth-order valence-electron chi connectivity index (χ4n) is 1.44. The highest BCUT2D eigenvalue weighted by molar-refractivity contribution is 7.89. The van der Waals surface area contributed by atoms with Crippen molar-refractivity contribution in [1.29, 1.82) is 0 Å². The second-order valence-corrected chi connectivity index (χ2v) is 6.70. The van der Waals surface area contributed by atoms with E-state index in [-0.39, 0.29) is 21.2 Å². The lowest BCUT2D eigenvalue weighted by molar-refractivity contribution is -0.116. The first-order chi connectivity index (χ1) is 7.64. The Morgan fingerprint density at radius 1 is 1.29 bits per heavy atom. The molecule has 1 amide bonds. The quantitative estimate of drug-likeness (QED) is 0.771. The SMILES string of the molecule is NS(=O)(=O)c1cc(Cl)c2c(c1)C(Cl)(Cl)C(=O)N2. The molecule has 0 fully saturated rings. The molecule has 0 radical (unpaired) electrons. The Balaban J connectivity index is 2.76. The molecule has 9 heteroatoms. The standard InChI is InChI=1S/C8H5Cl3N2O3S/c9-5-2-3(17(12,15)16)1-4-6(5)13-7(14)8(4,10)11/h1-2H,(H,13,14)(H2,12,15,16). The zero-order chi connectivity index (χ0) is 13.0. The highest BCUT2D eigenvalue weighted by Crippen LogP contribution is 2.48. The van der Waals surface area contributed by atoms with Crippen LogP contribution in [0.2, 0.25) is 5.02 Å². The lowest BCUT2D eigenvalue weighted by Gasteiger charge is -2.11. The molecule has 1 aliphatic heterocycles. The van der Waals surface area contributed by atoms with Crippen molar-refractivity contribution >= 4 is 56.4 Å². The summed E-state index contributed by atoms with van der Waals surface area (Å²) in [6.45, 7) is 0. The van der Waals surface area contributed by atoms with Crippen molar-refractivity contribution in [2.45, 2.75) is 9.23 Å². The van der Waals surface area contributed by atoms with Gasteiger partial charge in [0.15, 0.2) is 0 Å². The average molecular weight is 316 g/mol. The van der Waals surface area contributed by atoms with Gasteiger partial charge in [-0.1, -0.05) is 34.8 Å². The Hall–Kier alpha value is -0.530. The van der Waals surface area contributed by atoms with Crippen LogP contribution in [0.1, 0.15) is 5.56 Å². The number of anilines is 1. The van der Waals surface area contributed by atoms with Crippen molar-refractivity contribution in [3.63, 3.8) is 0 Å². The van der Waals surface area contributed by atoms with E-state index < -0.39 is 20.3 Å². The maximum absolute atomic E-state index is 11.5. The molecule has 1 aromatic rings. The smallest absolute Gasteiger partial charge is 0.265 e. The van der Waals surface area contributed by atoms with Gasteiger partial charge in [-0.2, -0.15) is 0 Å². The van der Waals surface area contributed by atoms with Crippen molar-refractivity contribution in [2.75, 3.05) is 5.32 Å². The predicted octanol–water partition coefficient (Wildman–Crippen LogP) is 1.57. The van der Waals surface area contributed by atoms with E-state index in [1.54, 1.807) is 0 Å². The van der Waals surface area contributed by atoms with E-state index in [2.05, 4.69) is 5.32 Å². The maximum Gasteiger partial charge on any atom is 0.265 e. The molecule has 92 valence electrons. The molecule has 1 heterocycles. The van der Waals surface area contributed by atoms with Crippen LogP contribution in [-0.4, -0.2) is 14.3 Å². The summed E-state index contributed by atoms with van der Waals surface area (Å²) in [6, 6.07) is 2.24. The average Bonchev–Trinajstić information content (AvgIpc) is 2.39. The molecule has 1 aromatic carbocycles. The summed E-state index contributed by atoms with van der Waals surface area (Å²) < 4.78 is 20.5. The molecule has 3 N–H and O–H groups in total. The summed E-state index contributed by atoms with van der Waals surface area (Å²) in [5.74, 6) is -0.690. The van der Waals surface area contributed by atoms with E-state index >= 15 is 0 Å². The van der Waals surface area contributed by atoms with Gasteiger partial charge in [-0.05, 0) is 12.1 Å². The molecule has 0 aromatic heterocycles.